The molecule has 0 aromatic carbocycles. The van der Waals surface area contributed by atoms with Crippen molar-refractivity contribution in [1.29, 1.82) is 0 Å². The molecule has 0 spiro atoms. The second-order valence-corrected chi connectivity index (χ2v) is 16.6. The molecule has 1 aliphatic rings. The van der Waals surface area contributed by atoms with Crippen LogP contribution in [0.1, 0.15) is 213 Å². The molecule has 1 aliphatic heterocycles. The second-order valence-electron chi connectivity index (χ2n) is 16.6. The highest BCUT2D eigenvalue weighted by molar-refractivity contribution is 5.76. The van der Waals surface area contributed by atoms with E-state index in [9.17, 15) is 30.3 Å². The van der Waals surface area contributed by atoms with Gasteiger partial charge in [-0.3, -0.25) is 4.79 Å². The number of nitrogens with one attached hydrogen (secondary N) is 1. The molecule has 56 heavy (non-hydrogen) atoms. The van der Waals surface area contributed by atoms with E-state index in [4.69, 9.17) is 9.47 Å². The van der Waals surface area contributed by atoms with Crippen LogP contribution in [0.4, 0.5) is 0 Å². The minimum Gasteiger partial charge on any atom is -0.394 e. The summed E-state index contributed by atoms with van der Waals surface area (Å²) >= 11 is 0. The van der Waals surface area contributed by atoms with Crippen LogP contribution in [0.2, 0.25) is 0 Å². The Hall–Kier alpha value is -1.33. The van der Waals surface area contributed by atoms with Crippen LogP contribution in [0, 0.1) is 0 Å². The molecule has 6 N–H and O–H groups in total. The first kappa shape index (κ1) is 52.7. The Morgan fingerprint density at radius 2 is 1.05 bits per heavy atom. The van der Waals surface area contributed by atoms with Gasteiger partial charge in [-0.2, -0.15) is 0 Å². The van der Waals surface area contributed by atoms with Crippen LogP contribution >= 0.6 is 0 Å². The summed E-state index contributed by atoms with van der Waals surface area (Å²) in [4.78, 5) is 13.0. The van der Waals surface area contributed by atoms with Crippen LogP contribution < -0.4 is 5.32 Å². The van der Waals surface area contributed by atoms with Crippen molar-refractivity contribution in [2.45, 2.75) is 256 Å². The van der Waals surface area contributed by atoms with Gasteiger partial charge in [-0.25, -0.2) is 0 Å². The Labute approximate surface area is 343 Å². The van der Waals surface area contributed by atoms with E-state index in [-0.39, 0.29) is 12.5 Å². The zero-order valence-electron chi connectivity index (χ0n) is 36.1. The molecule has 1 saturated heterocycles. The summed E-state index contributed by atoms with van der Waals surface area (Å²) in [5, 5.41) is 54.4. The molecule has 0 radical (unpaired) electrons. The number of carbonyl (C=O) groups is 1. The highest BCUT2D eigenvalue weighted by atomic mass is 16.7. The van der Waals surface area contributed by atoms with Crippen LogP contribution in [0.3, 0.4) is 0 Å². The number of allylic oxidation sites excluding steroid dienone is 4. The van der Waals surface area contributed by atoms with Crippen molar-refractivity contribution in [2.75, 3.05) is 13.2 Å². The fourth-order valence-electron chi connectivity index (χ4n) is 7.48. The van der Waals surface area contributed by atoms with Gasteiger partial charge >= 0.3 is 0 Å². The highest BCUT2D eigenvalue weighted by Gasteiger charge is 2.44. The number of rotatable bonds is 39. The summed E-state index contributed by atoms with van der Waals surface area (Å²) < 4.78 is 11.3. The zero-order valence-corrected chi connectivity index (χ0v) is 36.1. The third-order valence-corrected chi connectivity index (χ3v) is 11.3. The lowest BCUT2D eigenvalue weighted by atomic mass is 9.99. The van der Waals surface area contributed by atoms with Crippen LogP contribution in [0.25, 0.3) is 0 Å². The highest BCUT2D eigenvalue weighted by Crippen LogP contribution is 2.23. The van der Waals surface area contributed by atoms with E-state index in [1.54, 1.807) is 0 Å². The van der Waals surface area contributed by atoms with E-state index in [1.807, 2.05) is 0 Å². The van der Waals surface area contributed by atoms with Crippen LogP contribution in [0.5, 0.6) is 0 Å². The predicted octanol–water partition coefficient (Wildman–Crippen LogP) is 9.89. The fraction of sp³-hybridized carbons (Fsp3) is 0.894. The average molecular weight is 796 g/mol. The Bertz CT molecular complexity index is 930. The molecule has 7 unspecified atom stereocenters. The van der Waals surface area contributed by atoms with Gasteiger partial charge in [0.15, 0.2) is 6.29 Å². The normalized spacial score (nSPS) is 21.3. The van der Waals surface area contributed by atoms with Crippen LogP contribution in [-0.4, -0.2) is 87.5 Å². The van der Waals surface area contributed by atoms with Gasteiger partial charge in [-0.1, -0.05) is 186 Å². The van der Waals surface area contributed by atoms with Crippen molar-refractivity contribution < 1.29 is 39.8 Å². The SMILES string of the molecule is CCCCCC/C=C\C/C=C\CCCCCCCC(=O)NC(COC1OC(CO)C(O)C(O)C1O)C(O)CCCCCCCCCCCCCCCCCCC. The Balaban J connectivity index is 2.33. The summed E-state index contributed by atoms with van der Waals surface area (Å²) in [6.07, 6.45) is 37.5. The number of ether oxygens (including phenoxy) is 2. The number of amides is 1. The first-order chi connectivity index (χ1) is 27.3. The first-order valence-electron chi connectivity index (χ1n) is 23.5. The van der Waals surface area contributed by atoms with Gasteiger partial charge in [0.25, 0.3) is 0 Å². The number of hydrogen-bond donors (Lipinski definition) is 6. The lowest BCUT2D eigenvalue weighted by molar-refractivity contribution is -0.302. The molecule has 0 bridgehead atoms. The summed E-state index contributed by atoms with van der Waals surface area (Å²) in [6.45, 7) is 3.81. The predicted molar refractivity (Wildman–Crippen MR) is 230 cm³/mol. The van der Waals surface area contributed by atoms with Crippen molar-refractivity contribution in [1.82, 2.24) is 5.32 Å². The lowest BCUT2D eigenvalue weighted by Crippen LogP contribution is -2.60. The van der Waals surface area contributed by atoms with Gasteiger partial charge in [0.2, 0.25) is 5.91 Å². The lowest BCUT2D eigenvalue weighted by Gasteiger charge is -2.40. The molecule has 0 aromatic rings. The largest absolute Gasteiger partial charge is 0.394 e. The van der Waals surface area contributed by atoms with E-state index in [0.29, 0.717) is 12.8 Å². The maximum Gasteiger partial charge on any atom is 0.220 e. The van der Waals surface area contributed by atoms with E-state index < -0.39 is 49.5 Å². The molecule has 0 aliphatic carbocycles. The Kier molecular flexibility index (Phi) is 35.7. The first-order valence-corrected chi connectivity index (χ1v) is 23.5. The molecular weight excluding hydrogens is 707 g/mol. The molecule has 9 nitrogen and oxygen atoms in total. The topological polar surface area (TPSA) is 149 Å². The van der Waals surface area contributed by atoms with Gasteiger partial charge in [0, 0.05) is 6.42 Å². The number of hydrogen-bond acceptors (Lipinski definition) is 8. The third-order valence-electron chi connectivity index (χ3n) is 11.3. The Morgan fingerprint density at radius 3 is 1.55 bits per heavy atom. The number of unbranched alkanes of at least 4 members (excludes halogenated alkanes) is 25. The second kappa shape index (κ2) is 37.9. The van der Waals surface area contributed by atoms with Crippen molar-refractivity contribution in [3.8, 4) is 0 Å². The molecule has 1 fully saturated rings. The van der Waals surface area contributed by atoms with Gasteiger partial charge in [-0.05, 0) is 44.9 Å². The summed E-state index contributed by atoms with van der Waals surface area (Å²) in [7, 11) is 0. The van der Waals surface area contributed by atoms with Crippen LogP contribution in [-0.2, 0) is 14.3 Å². The van der Waals surface area contributed by atoms with Gasteiger partial charge in [-0.15, -0.1) is 0 Å². The molecule has 1 heterocycles. The maximum absolute atomic E-state index is 13.0. The molecule has 330 valence electrons. The standard InChI is InChI=1S/C47H89NO8/c1-3-5-7-9-11-13-15-17-19-21-22-24-26-28-30-32-34-36-41(50)40(39-55-47-46(54)45(53)44(52)42(38-49)56-47)48-43(51)37-35-33-31-29-27-25-23-20-18-16-14-12-10-8-6-4-2/h14,16,20,23,40-42,44-47,49-50,52-54H,3-13,15,17-19,21-22,24-39H2,1-2H3,(H,48,51)/b16-14-,23-20-. The molecule has 7 atom stereocenters. The van der Waals surface area contributed by atoms with Gasteiger partial charge < -0.3 is 40.3 Å². The monoisotopic (exact) mass is 796 g/mol. The third kappa shape index (κ3) is 28.2. The van der Waals surface area contributed by atoms with Crippen LogP contribution in [0.15, 0.2) is 24.3 Å². The average Bonchev–Trinajstić information content (AvgIpc) is 3.20. The van der Waals surface area contributed by atoms with E-state index in [0.717, 1.165) is 64.2 Å². The number of carbonyl (C=O) groups excluding carboxylic acids is 1. The Morgan fingerprint density at radius 1 is 0.607 bits per heavy atom. The molecule has 0 aromatic heterocycles. The zero-order chi connectivity index (χ0) is 40.9. The minimum absolute atomic E-state index is 0.142. The van der Waals surface area contributed by atoms with Crippen molar-refractivity contribution >= 4 is 5.91 Å². The van der Waals surface area contributed by atoms with Crippen molar-refractivity contribution in [2.24, 2.45) is 0 Å². The van der Waals surface area contributed by atoms with Gasteiger partial charge in [0.05, 0.1) is 25.4 Å². The molecule has 9 heteroatoms. The minimum atomic E-state index is -1.55. The fourth-order valence-corrected chi connectivity index (χ4v) is 7.48. The molecule has 1 amide bonds. The maximum atomic E-state index is 13.0. The van der Waals surface area contributed by atoms with E-state index in [1.165, 1.54) is 122 Å². The molecular formula is C47H89NO8. The molecule has 0 saturated carbocycles. The van der Waals surface area contributed by atoms with Crippen molar-refractivity contribution in [3.05, 3.63) is 24.3 Å². The molecule has 1 rings (SSSR count). The quantitative estimate of drug-likeness (QED) is 0.0266. The summed E-state index contributed by atoms with van der Waals surface area (Å²) in [5.41, 5.74) is 0. The van der Waals surface area contributed by atoms with Crippen molar-refractivity contribution in [3.63, 3.8) is 0 Å². The summed E-state index contributed by atoms with van der Waals surface area (Å²) in [6, 6.07) is -0.724. The van der Waals surface area contributed by atoms with E-state index >= 15 is 0 Å². The smallest absolute Gasteiger partial charge is 0.220 e. The number of aliphatic hydroxyl groups excluding tert-OH is 5. The number of aliphatic hydroxyl groups is 5. The van der Waals surface area contributed by atoms with Gasteiger partial charge in [0.1, 0.15) is 24.4 Å². The summed E-state index contributed by atoms with van der Waals surface area (Å²) in [5.74, 6) is -0.157. The van der Waals surface area contributed by atoms with E-state index in [2.05, 4.69) is 43.5 Å².